The highest BCUT2D eigenvalue weighted by Crippen LogP contribution is 2.24. The molecule has 2 rings (SSSR count). The average molecular weight is 282 g/mol. The van der Waals surface area contributed by atoms with E-state index in [-0.39, 0.29) is 5.28 Å². The van der Waals surface area contributed by atoms with E-state index < -0.39 is 0 Å². The largest absolute Gasteiger partial charge is 0.340 e. The van der Waals surface area contributed by atoms with Crippen LogP contribution < -0.4 is 5.32 Å². The van der Waals surface area contributed by atoms with Crippen LogP contribution in [0.2, 0.25) is 10.3 Å². The lowest BCUT2D eigenvalue weighted by atomic mass is 10.1. The van der Waals surface area contributed by atoms with Gasteiger partial charge in [0, 0.05) is 22.5 Å². The van der Waals surface area contributed by atoms with Crippen LogP contribution in [0.3, 0.4) is 0 Å². The minimum absolute atomic E-state index is 0.229. The predicted molar refractivity (Wildman–Crippen MR) is 75.9 cm³/mol. The van der Waals surface area contributed by atoms with Crippen LogP contribution in [0.25, 0.3) is 0 Å². The molecule has 0 spiro atoms. The predicted octanol–water partition coefficient (Wildman–Crippen LogP) is 4.40. The minimum Gasteiger partial charge on any atom is -0.340 e. The second-order valence-corrected chi connectivity index (χ2v) is 4.70. The molecular weight excluding hydrogens is 269 g/mol. The van der Waals surface area contributed by atoms with Crippen molar-refractivity contribution in [2.24, 2.45) is 0 Å². The first kappa shape index (κ1) is 13.1. The molecule has 1 N–H and O–H groups in total. The number of rotatable bonds is 3. The Morgan fingerprint density at radius 1 is 1.28 bits per heavy atom. The molecule has 0 fully saturated rings. The van der Waals surface area contributed by atoms with Gasteiger partial charge in [-0.3, -0.25) is 0 Å². The highest BCUT2D eigenvalue weighted by molar-refractivity contribution is 6.31. The summed E-state index contributed by atoms with van der Waals surface area (Å²) in [5.41, 5.74) is 2.97. The zero-order valence-electron chi connectivity index (χ0n) is 10.2. The van der Waals surface area contributed by atoms with Gasteiger partial charge < -0.3 is 5.32 Å². The number of aromatic nitrogens is 2. The summed E-state index contributed by atoms with van der Waals surface area (Å²) in [6.45, 7) is 3.99. The number of nitrogens with zero attached hydrogens (tertiary/aromatic N) is 2. The number of hydrogen-bond donors (Lipinski definition) is 1. The van der Waals surface area contributed by atoms with Gasteiger partial charge in [0.05, 0.1) is 0 Å². The first-order valence-electron chi connectivity index (χ1n) is 5.64. The minimum atomic E-state index is 0.229. The number of halogens is 2. The Balaban J connectivity index is 2.31. The number of hydrogen-bond acceptors (Lipinski definition) is 3. The Labute approximate surface area is 116 Å². The van der Waals surface area contributed by atoms with Gasteiger partial charge in [-0.1, -0.05) is 18.5 Å². The maximum Gasteiger partial charge on any atom is 0.224 e. The molecule has 1 aromatic heterocycles. The lowest BCUT2D eigenvalue weighted by Crippen LogP contribution is -1.98. The Bertz CT molecular complexity index is 570. The van der Waals surface area contributed by atoms with Gasteiger partial charge in [0.25, 0.3) is 0 Å². The molecule has 0 saturated heterocycles. The number of benzene rings is 1. The molecule has 0 unspecified atom stereocenters. The highest BCUT2D eigenvalue weighted by atomic mass is 35.5. The molecule has 0 radical (unpaired) electrons. The van der Waals surface area contributed by atoms with E-state index in [0.717, 1.165) is 28.3 Å². The quantitative estimate of drug-likeness (QED) is 0.848. The molecule has 1 heterocycles. The number of anilines is 2. The Morgan fingerprint density at radius 2 is 2.06 bits per heavy atom. The van der Waals surface area contributed by atoms with Crippen LogP contribution in [0, 0.1) is 6.92 Å². The smallest absolute Gasteiger partial charge is 0.224 e. The van der Waals surface area contributed by atoms with E-state index in [9.17, 15) is 0 Å². The van der Waals surface area contributed by atoms with Crippen molar-refractivity contribution in [1.82, 2.24) is 9.97 Å². The maximum atomic E-state index is 6.08. The molecule has 0 amide bonds. The summed E-state index contributed by atoms with van der Waals surface area (Å²) in [6, 6.07) is 5.80. The van der Waals surface area contributed by atoms with Crippen LogP contribution in [0.4, 0.5) is 11.5 Å². The molecular formula is C13H13Cl2N3. The van der Waals surface area contributed by atoms with E-state index in [0.29, 0.717) is 5.82 Å². The molecule has 0 aliphatic heterocycles. The van der Waals surface area contributed by atoms with E-state index in [4.69, 9.17) is 23.2 Å². The third kappa shape index (κ3) is 2.92. The zero-order chi connectivity index (χ0) is 13.1. The van der Waals surface area contributed by atoms with Gasteiger partial charge in [0.2, 0.25) is 5.28 Å². The molecule has 0 aliphatic rings. The van der Waals surface area contributed by atoms with Gasteiger partial charge in [-0.15, -0.1) is 0 Å². The molecule has 1 aromatic carbocycles. The van der Waals surface area contributed by atoms with Crippen LogP contribution in [0.15, 0.2) is 24.4 Å². The maximum absolute atomic E-state index is 6.08. The summed E-state index contributed by atoms with van der Waals surface area (Å²) in [7, 11) is 0. The molecule has 3 nitrogen and oxygen atoms in total. The molecule has 0 aliphatic carbocycles. The van der Waals surface area contributed by atoms with Crippen LogP contribution in [0.5, 0.6) is 0 Å². The fraction of sp³-hybridized carbons (Fsp3) is 0.231. The van der Waals surface area contributed by atoms with Gasteiger partial charge >= 0.3 is 0 Å². The summed E-state index contributed by atoms with van der Waals surface area (Å²) in [6.07, 6.45) is 2.58. The summed E-state index contributed by atoms with van der Waals surface area (Å²) >= 11 is 11.9. The van der Waals surface area contributed by atoms with Crippen molar-refractivity contribution >= 4 is 34.7 Å². The van der Waals surface area contributed by atoms with Crippen molar-refractivity contribution in [2.75, 3.05) is 5.32 Å². The Hall–Kier alpha value is -1.32. The monoisotopic (exact) mass is 281 g/mol. The molecule has 18 heavy (non-hydrogen) atoms. The van der Waals surface area contributed by atoms with Crippen molar-refractivity contribution < 1.29 is 0 Å². The van der Waals surface area contributed by atoms with Crippen molar-refractivity contribution in [3.05, 3.63) is 45.8 Å². The average Bonchev–Trinajstić information content (AvgIpc) is 2.36. The van der Waals surface area contributed by atoms with E-state index in [1.165, 1.54) is 0 Å². The lowest BCUT2D eigenvalue weighted by Gasteiger charge is -2.10. The first-order valence-corrected chi connectivity index (χ1v) is 6.40. The van der Waals surface area contributed by atoms with Gasteiger partial charge in [-0.25, -0.2) is 9.97 Å². The molecule has 94 valence electrons. The van der Waals surface area contributed by atoms with Gasteiger partial charge in [-0.05, 0) is 48.7 Å². The Morgan fingerprint density at radius 3 is 2.78 bits per heavy atom. The van der Waals surface area contributed by atoms with Crippen molar-refractivity contribution in [1.29, 1.82) is 0 Å². The summed E-state index contributed by atoms with van der Waals surface area (Å²) in [5, 5.41) is 4.23. The van der Waals surface area contributed by atoms with Crippen molar-refractivity contribution in [3.8, 4) is 0 Å². The Kier molecular flexibility index (Phi) is 4.04. The summed E-state index contributed by atoms with van der Waals surface area (Å²) in [5.74, 6) is 0.708. The third-order valence-electron chi connectivity index (χ3n) is 2.63. The number of aryl methyl sites for hydroxylation is 2. The zero-order valence-corrected chi connectivity index (χ0v) is 11.7. The SMILES string of the molecule is CCc1cc(Nc2nc(Cl)ncc2C)ccc1Cl. The third-order valence-corrected chi connectivity index (χ3v) is 3.18. The van der Waals surface area contributed by atoms with E-state index in [2.05, 4.69) is 22.2 Å². The molecule has 0 atom stereocenters. The van der Waals surface area contributed by atoms with Gasteiger partial charge in [0.15, 0.2) is 0 Å². The van der Waals surface area contributed by atoms with Crippen molar-refractivity contribution in [2.45, 2.75) is 20.3 Å². The van der Waals surface area contributed by atoms with Gasteiger partial charge in [0.1, 0.15) is 5.82 Å². The fourth-order valence-corrected chi connectivity index (χ4v) is 1.99. The standard InChI is InChI=1S/C13H13Cl2N3/c1-3-9-6-10(4-5-11(9)14)17-12-8(2)7-16-13(15)18-12/h4-7H,3H2,1-2H3,(H,16,17,18). The first-order chi connectivity index (χ1) is 8.60. The van der Waals surface area contributed by atoms with Crippen LogP contribution in [-0.2, 0) is 6.42 Å². The van der Waals surface area contributed by atoms with Gasteiger partial charge in [-0.2, -0.15) is 0 Å². The fourth-order valence-electron chi connectivity index (χ4n) is 1.61. The van der Waals surface area contributed by atoms with Crippen LogP contribution >= 0.6 is 23.2 Å². The van der Waals surface area contributed by atoms with Crippen LogP contribution in [0.1, 0.15) is 18.1 Å². The van der Waals surface area contributed by atoms with E-state index >= 15 is 0 Å². The second-order valence-electron chi connectivity index (χ2n) is 3.96. The van der Waals surface area contributed by atoms with E-state index in [1.807, 2.05) is 25.1 Å². The second kappa shape index (κ2) is 5.55. The molecule has 0 saturated carbocycles. The molecule has 5 heteroatoms. The normalized spacial score (nSPS) is 10.4. The molecule has 0 bridgehead atoms. The summed E-state index contributed by atoms with van der Waals surface area (Å²) in [4.78, 5) is 8.08. The molecule has 2 aromatic rings. The lowest BCUT2D eigenvalue weighted by molar-refractivity contribution is 1.12. The number of nitrogens with one attached hydrogen (secondary N) is 1. The highest BCUT2D eigenvalue weighted by Gasteiger charge is 2.05. The van der Waals surface area contributed by atoms with Crippen LogP contribution in [-0.4, -0.2) is 9.97 Å². The topological polar surface area (TPSA) is 37.8 Å². The summed E-state index contributed by atoms with van der Waals surface area (Å²) < 4.78 is 0. The van der Waals surface area contributed by atoms with E-state index in [1.54, 1.807) is 6.20 Å². The van der Waals surface area contributed by atoms with Crippen molar-refractivity contribution in [3.63, 3.8) is 0 Å².